The van der Waals surface area contributed by atoms with E-state index < -0.39 is 0 Å². The molecule has 0 aliphatic carbocycles. The average Bonchev–Trinajstić information content (AvgIpc) is 2.97. The maximum absolute atomic E-state index is 12.7. The van der Waals surface area contributed by atoms with Gasteiger partial charge < -0.3 is 10.5 Å². The molecule has 1 unspecified atom stereocenters. The van der Waals surface area contributed by atoms with E-state index in [1.54, 1.807) is 0 Å². The highest BCUT2D eigenvalue weighted by atomic mass is 79.9. The lowest BCUT2D eigenvalue weighted by Crippen LogP contribution is -2.31. The van der Waals surface area contributed by atoms with Crippen LogP contribution in [0.15, 0.2) is 39.6 Å². The van der Waals surface area contributed by atoms with E-state index in [4.69, 9.17) is 10.5 Å². The maximum Gasteiger partial charge on any atom is 0.353 e. The summed E-state index contributed by atoms with van der Waals surface area (Å²) in [4.78, 5) is 17.1. The molecule has 3 aromatic rings. The van der Waals surface area contributed by atoms with Crippen molar-refractivity contribution in [2.75, 3.05) is 12.3 Å². The Morgan fingerprint density at radius 1 is 1.28 bits per heavy atom. The van der Waals surface area contributed by atoms with Gasteiger partial charge in [0.25, 0.3) is 0 Å². The smallest absolute Gasteiger partial charge is 0.353 e. The molecule has 1 saturated heterocycles. The number of hydrogen-bond donors (Lipinski definition) is 1. The molecule has 1 aliphatic rings. The number of rotatable bonds is 3. The Kier molecular flexibility index (Phi) is 4.30. The number of nitrogens with zero attached hydrogens (tertiary/aromatic N) is 4. The van der Waals surface area contributed by atoms with Gasteiger partial charge in [0.15, 0.2) is 5.65 Å². The second-order valence-electron chi connectivity index (χ2n) is 6.11. The molecule has 1 aliphatic heterocycles. The van der Waals surface area contributed by atoms with Crippen molar-refractivity contribution in [3.8, 4) is 11.3 Å². The summed E-state index contributed by atoms with van der Waals surface area (Å²) in [5.41, 5.74) is 7.79. The van der Waals surface area contributed by atoms with E-state index in [9.17, 15) is 4.79 Å². The fraction of sp³-hybridized carbons (Fsp3) is 0.353. The van der Waals surface area contributed by atoms with Crippen molar-refractivity contribution >= 4 is 27.5 Å². The molecule has 2 aromatic heterocycles. The molecule has 1 atom stereocenters. The van der Waals surface area contributed by atoms with Crippen LogP contribution in [0.3, 0.4) is 0 Å². The molecular weight excluding hydrogens is 386 g/mol. The quantitative estimate of drug-likeness (QED) is 0.725. The summed E-state index contributed by atoms with van der Waals surface area (Å²) < 4.78 is 9.12. The molecular formula is C17H18BrN5O2. The van der Waals surface area contributed by atoms with Gasteiger partial charge >= 0.3 is 5.69 Å². The molecule has 7 nitrogen and oxygen atoms in total. The number of anilines is 1. The molecule has 130 valence electrons. The highest BCUT2D eigenvalue weighted by Gasteiger charge is 2.21. The first-order valence-corrected chi connectivity index (χ1v) is 9.06. The molecule has 0 radical (unpaired) electrons. The Balaban J connectivity index is 1.81. The molecule has 0 saturated carbocycles. The van der Waals surface area contributed by atoms with Crippen LogP contribution in [-0.2, 0) is 11.3 Å². The molecule has 0 amide bonds. The molecule has 2 N–H and O–H groups in total. The number of ether oxygens (including phenoxy) is 1. The summed E-state index contributed by atoms with van der Waals surface area (Å²) in [5, 5.41) is 4.47. The lowest BCUT2D eigenvalue weighted by atomic mass is 10.1. The van der Waals surface area contributed by atoms with Crippen LogP contribution in [0.4, 0.5) is 5.95 Å². The summed E-state index contributed by atoms with van der Waals surface area (Å²) in [7, 11) is 0. The second-order valence-corrected chi connectivity index (χ2v) is 6.90. The van der Waals surface area contributed by atoms with Crippen molar-refractivity contribution in [1.82, 2.24) is 19.2 Å². The zero-order valence-corrected chi connectivity index (χ0v) is 15.1. The van der Waals surface area contributed by atoms with E-state index in [-0.39, 0.29) is 17.7 Å². The SMILES string of the molecule is Nc1nc(-c2ccccc2)c(Br)c2nn(CC3CCCCO3)c(=O)n12. The number of aromatic nitrogens is 4. The molecule has 4 rings (SSSR count). The van der Waals surface area contributed by atoms with Crippen molar-refractivity contribution < 1.29 is 4.74 Å². The van der Waals surface area contributed by atoms with E-state index >= 15 is 0 Å². The highest BCUT2D eigenvalue weighted by Crippen LogP contribution is 2.29. The third-order valence-electron chi connectivity index (χ3n) is 4.40. The van der Waals surface area contributed by atoms with Crippen molar-refractivity contribution in [1.29, 1.82) is 0 Å². The normalized spacial score (nSPS) is 17.9. The first-order chi connectivity index (χ1) is 12.1. The second kappa shape index (κ2) is 6.61. The van der Waals surface area contributed by atoms with Crippen molar-refractivity contribution in [2.45, 2.75) is 31.9 Å². The van der Waals surface area contributed by atoms with E-state index in [2.05, 4.69) is 26.0 Å². The van der Waals surface area contributed by atoms with Crippen LogP contribution in [0.1, 0.15) is 19.3 Å². The van der Waals surface area contributed by atoms with Crippen LogP contribution in [0, 0.1) is 0 Å². The zero-order valence-electron chi connectivity index (χ0n) is 13.6. The van der Waals surface area contributed by atoms with Gasteiger partial charge in [-0.25, -0.2) is 18.9 Å². The van der Waals surface area contributed by atoms with Crippen molar-refractivity contribution in [3.63, 3.8) is 0 Å². The third kappa shape index (κ3) is 2.96. The van der Waals surface area contributed by atoms with Crippen LogP contribution in [0.5, 0.6) is 0 Å². The van der Waals surface area contributed by atoms with Crippen molar-refractivity contribution in [3.05, 3.63) is 45.3 Å². The summed E-state index contributed by atoms with van der Waals surface area (Å²) >= 11 is 3.54. The van der Waals surface area contributed by atoms with Crippen molar-refractivity contribution in [2.24, 2.45) is 0 Å². The summed E-state index contributed by atoms with van der Waals surface area (Å²) in [5.74, 6) is 0.123. The third-order valence-corrected chi connectivity index (χ3v) is 5.13. The maximum atomic E-state index is 12.7. The minimum absolute atomic E-state index is 0.0120. The van der Waals surface area contributed by atoms with Crippen LogP contribution >= 0.6 is 15.9 Å². The summed E-state index contributed by atoms with van der Waals surface area (Å²) in [6.07, 6.45) is 3.13. The Hall–Kier alpha value is -2.19. The van der Waals surface area contributed by atoms with E-state index in [0.29, 0.717) is 22.4 Å². The van der Waals surface area contributed by atoms with E-state index in [1.165, 1.54) is 9.08 Å². The van der Waals surface area contributed by atoms with Crippen LogP contribution in [-0.4, -0.2) is 31.9 Å². The lowest BCUT2D eigenvalue weighted by molar-refractivity contribution is 0.00341. The van der Waals surface area contributed by atoms with Crippen LogP contribution < -0.4 is 11.4 Å². The van der Waals surface area contributed by atoms with E-state index in [0.717, 1.165) is 31.4 Å². The van der Waals surface area contributed by atoms with Gasteiger partial charge in [-0.1, -0.05) is 30.3 Å². The van der Waals surface area contributed by atoms with Crippen LogP contribution in [0.2, 0.25) is 0 Å². The molecule has 1 aromatic carbocycles. The minimum Gasteiger partial charge on any atom is -0.376 e. The lowest BCUT2D eigenvalue weighted by Gasteiger charge is -2.21. The number of fused-ring (bicyclic) bond motifs is 1. The van der Waals surface area contributed by atoms with Gasteiger partial charge in [-0.3, -0.25) is 0 Å². The van der Waals surface area contributed by atoms with Crippen LogP contribution in [0.25, 0.3) is 16.9 Å². The molecule has 0 bridgehead atoms. The van der Waals surface area contributed by atoms with E-state index in [1.807, 2.05) is 30.3 Å². The Morgan fingerprint density at radius 2 is 2.08 bits per heavy atom. The van der Waals surface area contributed by atoms with Gasteiger partial charge in [0, 0.05) is 12.2 Å². The number of benzene rings is 1. The monoisotopic (exact) mass is 403 g/mol. The minimum atomic E-state index is -0.297. The Bertz CT molecular complexity index is 961. The Morgan fingerprint density at radius 3 is 2.80 bits per heavy atom. The largest absolute Gasteiger partial charge is 0.376 e. The molecule has 8 heteroatoms. The van der Waals surface area contributed by atoms with Gasteiger partial charge in [-0.2, -0.15) is 0 Å². The topological polar surface area (TPSA) is 87.4 Å². The van der Waals surface area contributed by atoms with Gasteiger partial charge in [-0.15, -0.1) is 5.10 Å². The highest BCUT2D eigenvalue weighted by molar-refractivity contribution is 9.10. The van der Waals surface area contributed by atoms with Gasteiger partial charge in [0.2, 0.25) is 5.95 Å². The summed E-state index contributed by atoms with van der Waals surface area (Å²) in [6, 6.07) is 9.66. The first kappa shape index (κ1) is 16.3. The predicted octanol–water partition coefficient (Wildman–Crippen LogP) is 2.47. The first-order valence-electron chi connectivity index (χ1n) is 8.26. The fourth-order valence-electron chi connectivity index (χ4n) is 3.13. The number of nitrogen functional groups attached to an aromatic ring is 1. The summed E-state index contributed by atoms with van der Waals surface area (Å²) in [6.45, 7) is 1.16. The number of hydrogen-bond acceptors (Lipinski definition) is 5. The fourth-order valence-corrected chi connectivity index (χ4v) is 3.70. The molecule has 25 heavy (non-hydrogen) atoms. The molecule has 1 fully saturated rings. The predicted molar refractivity (Wildman–Crippen MR) is 98.4 cm³/mol. The number of nitrogens with two attached hydrogens (primary N) is 1. The molecule has 0 spiro atoms. The van der Waals surface area contributed by atoms with Gasteiger partial charge in [0.05, 0.1) is 22.8 Å². The molecule has 3 heterocycles. The zero-order chi connectivity index (χ0) is 17.4. The Labute approximate surface area is 152 Å². The van der Waals surface area contributed by atoms with Gasteiger partial charge in [-0.05, 0) is 35.2 Å². The average molecular weight is 404 g/mol. The standard InChI is InChI=1S/C17H18BrN5O2/c18-13-14(11-6-2-1-3-7-11)20-16(19)23-15(13)21-22(17(23)24)10-12-8-4-5-9-25-12/h1-3,6-7,12H,4-5,8-10H2,(H2,19,20). The van der Waals surface area contributed by atoms with Gasteiger partial charge in [0.1, 0.15) is 0 Å². The number of halogens is 1.